The number of fused-ring (bicyclic) bond motifs is 1. The van der Waals surface area contributed by atoms with Crippen molar-refractivity contribution in [3.63, 3.8) is 0 Å². The molecule has 1 fully saturated rings. The first kappa shape index (κ1) is 20.3. The zero-order valence-corrected chi connectivity index (χ0v) is 17.4. The molecule has 32 heavy (non-hydrogen) atoms. The highest BCUT2D eigenvalue weighted by Gasteiger charge is 2.18. The van der Waals surface area contributed by atoms with Crippen LogP contribution in [0.5, 0.6) is 5.75 Å². The Morgan fingerprint density at radius 3 is 2.94 bits per heavy atom. The van der Waals surface area contributed by atoms with Crippen LogP contribution < -0.4 is 15.4 Å². The maximum absolute atomic E-state index is 13.0. The molecule has 1 saturated heterocycles. The summed E-state index contributed by atoms with van der Waals surface area (Å²) in [6.07, 6.45) is 6.47. The molecule has 0 saturated carbocycles. The monoisotopic (exact) mass is 440 g/mol. The third-order valence-corrected chi connectivity index (χ3v) is 5.41. The molecule has 11 heteroatoms. The number of nitrogens with one attached hydrogen (secondary N) is 2. The Labute approximate surface area is 182 Å². The molecule has 0 amide bonds. The number of halogens is 2. The Kier molecular flexibility index (Phi) is 5.39. The number of alkyl halides is 2. The van der Waals surface area contributed by atoms with Crippen molar-refractivity contribution >= 4 is 11.5 Å². The van der Waals surface area contributed by atoms with Crippen LogP contribution in [0.2, 0.25) is 0 Å². The first-order valence-electron chi connectivity index (χ1n) is 10.3. The van der Waals surface area contributed by atoms with Gasteiger partial charge in [-0.25, -0.2) is 19.2 Å². The number of pyridine rings is 1. The van der Waals surface area contributed by atoms with Gasteiger partial charge >= 0.3 is 6.55 Å². The standard InChI is InChI=1S/C21H22F2N8O/c1-32-17-8-19-25-11-16(31(19)29-20(17)13-9-26-30(12-13)21(22)23)15-5-2-6-18(28-15)27-14-4-3-7-24-10-14/h2,5-6,8-9,11-12,14,21,24H,3-4,7,10H2,1H3,(H,27,28)/t14-/m1/s1. The molecule has 0 spiro atoms. The van der Waals surface area contributed by atoms with Crippen LogP contribution >= 0.6 is 0 Å². The van der Waals surface area contributed by atoms with E-state index in [1.807, 2.05) is 18.2 Å². The van der Waals surface area contributed by atoms with Crippen LogP contribution in [0, 0.1) is 0 Å². The van der Waals surface area contributed by atoms with E-state index in [-0.39, 0.29) is 0 Å². The van der Waals surface area contributed by atoms with E-state index in [9.17, 15) is 8.78 Å². The van der Waals surface area contributed by atoms with Crippen LogP contribution in [0.15, 0.2) is 42.9 Å². The number of nitrogens with zero attached hydrogens (tertiary/aromatic N) is 6. The van der Waals surface area contributed by atoms with Crippen LogP contribution in [-0.2, 0) is 0 Å². The summed E-state index contributed by atoms with van der Waals surface area (Å²) >= 11 is 0. The molecule has 4 aromatic heterocycles. The number of ether oxygens (including phenoxy) is 1. The van der Waals surface area contributed by atoms with E-state index in [0.29, 0.717) is 44.8 Å². The van der Waals surface area contributed by atoms with Gasteiger partial charge in [-0.1, -0.05) is 6.07 Å². The normalized spacial score (nSPS) is 16.6. The topological polar surface area (TPSA) is 94.2 Å². The summed E-state index contributed by atoms with van der Waals surface area (Å²) in [4.78, 5) is 9.17. The maximum atomic E-state index is 13.0. The van der Waals surface area contributed by atoms with Crippen LogP contribution in [0.25, 0.3) is 28.3 Å². The molecule has 0 unspecified atom stereocenters. The van der Waals surface area contributed by atoms with E-state index in [1.165, 1.54) is 19.5 Å². The number of methoxy groups -OCH3 is 1. The predicted molar refractivity (Wildman–Crippen MR) is 115 cm³/mol. The van der Waals surface area contributed by atoms with Gasteiger partial charge in [-0.05, 0) is 31.5 Å². The number of piperidine rings is 1. The average molecular weight is 440 g/mol. The Balaban J connectivity index is 1.53. The summed E-state index contributed by atoms with van der Waals surface area (Å²) in [5.74, 6) is 1.19. The van der Waals surface area contributed by atoms with Crippen molar-refractivity contribution in [2.75, 3.05) is 25.5 Å². The number of rotatable bonds is 6. The zero-order valence-electron chi connectivity index (χ0n) is 17.4. The van der Waals surface area contributed by atoms with E-state index in [4.69, 9.17) is 9.72 Å². The van der Waals surface area contributed by atoms with Gasteiger partial charge in [0.1, 0.15) is 17.2 Å². The second kappa shape index (κ2) is 8.50. The fourth-order valence-electron chi connectivity index (χ4n) is 3.84. The van der Waals surface area contributed by atoms with Gasteiger partial charge in [0.25, 0.3) is 0 Å². The van der Waals surface area contributed by atoms with E-state index in [0.717, 1.165) is 31.7 Å². The molecule has 2 N–H and O–H groups in total. The number of anilines is 1. The third kappa shape index (κ3) is 3.86. The summed E-state index contributed by atoms with van der Waals surface area (Å²) < 4.78 is 33.6. The summed E-state index contributed by atoms with van der Waals surface area (Å²) in [6, 6.07) is 7.78. The van der Waals surface area contributed by atoms with Crippen molar-refractivity contribution in [2.24, 2.45) is 0 Å². The minimum atomic E-state index is -2.74. The molecule has 166 valence electrons. The maximum Gasteiger partial charge on any atom is 0.333 e. The fraction of sp³-hybridized carbons (Fsp3) is 0.333. The quantitative estimate of drug-likeness (QED) is 0.475. The van der Waals surface area contributed by atoms with Crippen molar-refractivity contribution in [2.45, 2.75) is 25.4 Å². The second-order valence-electron chi connectivity index (χ2n) is 7.56. The van der Waals surface area contributed by atoms with E-state index in [1.54, 1.807) is 16.8 Å². The van der Waals surface area contributed by atoms with Gasteiger partial charge in [0.15, 0.2) is 11.4 Å². The molecule has 4 aromatic rings. The van der Waals surface area contributed by atoms with Gasteiger partial charge in [-0.3, -0.25) is 0 Å². The van der Waals surface area contributed by atoms with Crippen molar-refractivity contribution in [1.82, 2.24) is 34.7 Å². The highest BCUT2D eigenvalue weighted by atomic mass is 19.3. The molecular weight excluding hydrogens is 418 g/mol. The summed E-state index contributed by atoms with van der Waals surface area (Å²) in [7, 11) is 1.50. The lowest BCUT2D eigenvalue weighted by Gasteiger charge is -2.24. The highest BCUT2D eigenvalue weighted by Crippen LogP contribution is 2.31. The molecule has 1 atom stereocenters. The molecule has 9 nitrogen and oxygen atoms in total. The lowest BCUT2D eigenvalue weighted by molar-refractivity contribution is 0.0566. The summed E-state index contributed by atoms with van der Waals surface area (Å²) in [5.41, 5.74) is 2.72. The number of hydrogen-bond donors (Lipinski definition) is 2. The smallest absolute Gasteiger partial charge is 0.333 e. The summed E-state index contributed by atoms with van der Waals surface area (Å²) in [5, 5.41) is 15.2. The molecule has 5 heterocycles. The number of aromatic nitrogens is 6. The first-order chi connectivity index (χ1) is 15.6. The van der Waals surface area contributed by atoms with Crippen molar-refractivity contribution in [3.05, 3.63) is 42.9 Å². The minimum Gasteiger partial charge on any atom is -0.494 e. The van der Waals surface area contributed by atoms with E-state index >= 15 is 0 Å². The van der Waals surface area contributed by atoms with Crippen LogP contribution in [-0.4, -0.2) is 55.6 Å². The van der Waals surface area contributed by atoms with Crippen molar-refractivity contribution in [1.29, 1.82) is 0 Å². The minimum absolute atomic E-state index is 0.328. The molecule has 0 aromatic carbocycles. The summed E-state index contributed by atoms with van der Waals surface area (Å²) in [6.45, 7) is -0.791. The third-order valence-electron chi connectivity index (χ3n) is 5.41. The molecule has 0 radical (unpaired) electrons. The Morgan fingerprint density at radius 2 is 2.19 bits per heavy atom. The number of imidazole rings is 1. The van der Waals surface area contributed by atoms with E-state index in [2.05, 4.69) is 25.8 Å². The van der Waals surface area contributed by atoms with Gasteiger partial charge in [-0.15, -0.1) is 0 Å². The number of hydrogen-bond acceptors (Lipinski definition) is 7. The molecular formula is C21H22F2N8O. The highest BCUT2D eigenvalue weighted by molar-refractivity contribution is 5.69. The molecule has 5 rings (SSSR count). The van der Waals surface area contributed by atoms with Gasteiger partial charge in [0.05, 0.1) is 25.2 Å². The Morgan fingerprint density at radius 1 is 1.28 bits per heavy atom. The lowest BCUT2D eigenvalue weighted by atomic mass is 10.1. The molecule has 0 aliphatic carbocycles. The van der Waals surface area contributed by atoms with Gasteiger partial charge in [0.2, 0.25) is 0 Å². The van der Waals surface area contributed by atoms with Crippen molar-refractivity contribution in [3.8, 4) is 28.4 Å². The molecule has 0 bridgehead atoms. The van der Waals surface area contributed by atoms with Gasteiger partial charge < -0.3 is 15.4 Å². The average Bonchev–Trinajstić information content (AvgIpc) is 3.46. The van der Waals surface area contributed by atoms with Gasteiger partial charge in [-0.2, -0.15) is 19.0 Å². The molecule has 1 aliphatic heterocycles. The molecule has 1 aliphatic rings. The first-order valence-corrected chi connectivity index (χ1v) is 10.3. The zero-order chi connectivity index (χ0) is 22.1. The van der Waals surface area contributed by atoms with E-state index < -0.39 is 6.55 Å². The van der Waals surface area contributed by atoms with Gasteiger partial charge in [0, 0.05) is 30.4 Å². The van der Waals surface area contributed by atoms with Crippen LogP contribution in [0.1, 0.15) is 19.4 Å². The Bertz CT molecular complexity index is 1230. The largest absolute Gasteiger partial charge is 0.494 e. The van der Waals surface area contributed by atoms with Crippen LogP contribution in [0.4, 0.5) is 14.6 Å². The van der Waals surface area contributed by atoms with Crippen LogP contribution in [0.3, 0.4) is 0 Å². The second-order valence-corrected chi connectivity index (χ2v) is 7.56. The Hall–Kier alpha value is -3.60. The lowest BCUT2D eigenvalue weighted by Crippen LogP contribution is -2.38. The van der Waals surface area contributed by atoms with Crippen molar-refractivity contribution < 1.29 is 13.5 Å². The SMILES string of the molecule is COc1cc2ncc(-c3cccc(N[C@@H]4CCCNC4)n3)n2nc1-c1cnn(C(F)F)c1. The fourth-order valence-corrected chi connectivity index (χ4v) is 3.84. The predicted octanol–water partition coefficient (Wildman–Crippen LogP) is 3.22.